The normalized spacial score (nSPS) is 11.2. The van der Waals surface area contributed by atoms with E-state index in [1.54, 1.807) is 19.1 Å². The zero-order valence-corrected chi connectivity index (χ0v) is 8.77. The van der Waals surface area contributed by atoms with Crippen LogP contribution in [0.15, 0.2) is 23.4 Å². The van der Waals surface area contributed by atoms with Crippen LogP contribution in [0, 0.1) is 6.92 Å². The summed E-state index contributed by atoms with van der Waals surface area (Å²) in [6.45, 7) is 1.61. The van der Waals surface area contributed by atoms with Crippen molar-refractivity contribution >= 4 is 11.7 Å². The average Bonchev–Trinajstić information content (AvgIpc) is 2.29. The first-order valence-electron chi connectivity index (χ1n) is 4.59. The fraction of sp³-hybridized carbons (Fsp3) is 0.200. The molecule has 0 unspecified atom stereocenters. The molecular formula is C10H13N3O3. The number of hydrogen-bond donors (Lipinski definition) is 4. The summed E-state index contributed by atoms with van der Waals surface area (Å²) >= 11 is 0. The van der Waals surface area contributed by atoms with Crippen molar-refractivity contribution in [2.75, 3.05) is 6.54 Å². The molecule has 6 nitrogen and oxygen atoms in total. The van der Waals surface area contributed by atoms with Crippen LogP contribution >= 0.6 is 0 Å². The molecule has 0 saturated carbocycles. The Morgan fingerprint density at radius 2 is 2.25 bits per heavy atom. The molecule has 0 atom stereocenters. The van der Waals surface area contributed by atoms with E-state index in [-0.39, 0.29) is 23.7 Å². The van der Waals surface area contributed by atoms with Gasteiger partial charge in [0.1, 0.15) is 5.75 Å². The summed E-state index contributed by atoms with van der Waals surface area (Å²) in [6, 6.07) is 4.84. The summed E-state index contributed by atoms with van der Waals surface area (Å²) < 4.78 is 0. The van der Waals surface area contributed by atoms with Gasteiger partial charge in [-0.2, -0.15) is 0 Å². The van der Waals surface area contributed by atoms with Gasteiger partial charge in [-0.25, -0.2) is 0 Å². The molecule has 1 aromatic carbocycles. The van der Waals surface area contributed by atoms with Crippen molar-refractivity contribution in [3.63, 3.8) is 0 Å². The zero-order chi connectivity index (χ0) is 12.1. The second-order valence-corrected chi connectivity index (χ2v) is 3.25. The minimum absolute atomic E-state index is 0.0699. The number of rotatable bonds is 3. The maximum absolute atomic E-state index is 11.6. The number of phenolic OH excluding ortho intramolecular Hbond substituents is 1. The van der Waals surface area contributed by atoms with E-state index in [9.17, 15) is 9.90 Å². The number of oxime groups is 1. The van der Waals surface area contributed by atoms with Crippen LogP contribution in [-0.2, 0) is 0 Å². The molecule has 1 aromatic rings. The molecule has 6 heteroatoms. The number of amidine groups is 1. The summed E-state index contributed by atoms with van der Waals surface area (Å²) in [5.74, 6) is -0.659. The van der Waals surface area contributed by atoms with Gasteiger partial charge < -0.3 is 21.4 Å². The van der Waals surface area contributed by atoms with Gasteiger partial charge in [-0.15, -0.1) is 0 Å². The third-order valence-corrected chi connectivity index (χ3v) is 2.04. The van der Waals surface area contributed by atoms with Crippen LogP contribution in [0.5, 0.6) is 5.75 Å². The Labute approximate surface area is 92.4 Å². The third kappa shape index (κ3) is 2.63. The molecule has 0 radical (unpaired) electrons. The van der Waals surface area contributed by atoms with E-state index in [1.807, 2.05) is 0 Å². The van der Waals surface area contributed by atoms with Crippen molar-refractivity contribution in [3.8, 4) is 5.75 Å². The predicted molar refractivity (Wildman–Crippen MR) is 58.6 cm³/mol. The fourth-order valence-electron chi connectivity index (χ4n) is 1.14. The van der Waals surface area contributed by atoms with Gasteiger partial charge in [0.15, 0.2) is 5.84 Å². The second-order valence-electron chi connectivity index (χ2n) is 3.25. The van der Waals surface area contributed by atoms with Crippen LogP contribution in [-0.4, -0.2) is 28.6 Å². The molecule has 0 heterocycles. The summed E-state index contributed by atoms with van der Waals surface area (Å²) in [7, 11) is 0. The third-order valence-electron chi connectivity index (χ3n) is 2.04. The Hall–Kier alpha value is -2.24. The van der Waals surface area contributed by atoms with E-state index < -0.39 is 5.91 Å². The van der Waals surface area contributed by atoms with Crippen molar-refractivity contribution < 1.29 is 15.1 Å². The maximum Gasteiger partial charge on any atom is 0.255 e. The number of carbonyl (C=O) groups excluding carboxylic acids is 1. The highest BCUT2D eigenvalue weighted by Gasteiger charge is 2.12. The molecule has 0 aromatic heterocycles. The molecule has 0 fully saturated rings. The molecule has 5 N–H and O–H groups in total. The monoisotopic (exact) mass is 223 g/mol. The Balaban J connectivity index is 2.78. The van der Waals surface area contributed by atoms with Gasteiger partial charge in [0.25, 0.3) is 5.91 Å². The standard InChI is InChI=1S/C10H13N3O3/c1-6-3-2-4-7(9(6)14)10(15)12-5-8(11)13-16/h2-4,14,16H,5H2,1H3,(H2,11,13)(H,12,15). The Morgan fingerprint density at radius 1 is 1.56 bits per heavy atom. The average molecular weight is 223 g/mol. The first kappa shape index (κ1) is 11.8. The molecule has 0 saturated heterocycles. The smallest absolute Gasteiger partial charge is 0.255 e. The Kier molecular flexibility index (Phi) is 3.71. The van der Waals surface area contributed by atoms with Gasteiger partial charge in [-0.1, -0.05) is 17.3 Å². The van der Waals surface area contributed by atoms with Crippen LogP contribution in [0.2, 0.25) is 0 Å². The SMILES string of the molecule is Cc1cccc(C(=O)NC/C(N)=N/O)c1O. The molecule has 0 spiro atoms. The van der Waals surface area contributed by atoms with Crippen LogP contribution in [0.25, 0.3) is 0 Å². The lowest BCUT2D eigenvalue weighted by Gasteiger charge is -2.07. The van der Waals surface area contributed by atoms with Crippen LogP contribution in [0.4, 0.5) is 0 Å². The van der Waals surface area contributed by atoms with Crippen LogP contribution in [0.3, 0.4) is 0 Å². The quantitative estimate of drug-likeness (QED) is 0.253. The van der Waals surface area contributed by atoms with Gasteiger partial charge in [0.2, 0.25) is 0 Å². The Bertz CT molecular complexity index is 429. The predicted octanol–water partition coefficient (Wildman–Crippen LogP) is 0.177. The minimum atomic E-state index is -0.479. The largest absolute Gasteiger partial charge is 0.507 e. The fourth-order valence-corrected chi connectivity index (χ4v) is 1.14. The van der Waals surface area contributed by atoms with Crippen LogP contribution in [0.1, 0.15) is 15.9 Å². The number of nitrogens with one attached hydrogen (secondary N) is 1. The lowest BCUT2D eigenvalue weighted by molar-refractivity contribution is 0.0956. The van der Waals surface area contributed by atoms with E-state index in [0.717, 1.165) is 0 Å². The summed E-state index contributed by atoms with van der Waals surface area (Å²) in [6.07, 6.45) is 0. The molecule has 0 aliphatic rings. The lowest BCUT2D eigenvalue weighted by Crippen LogP contribution is -2.33. The Morgan fingerprint density at radius 3 is 2.88 bits per heavy atom. The number of carbonyl (C=O) groups is 1. The number of para-hydroxylation sites is 1. The van der Waals surface area contributed by atoms with Crippen molar-refractivity contribution in [2.45, 2.75) is 6.92 Å². The maximum atomic E-state index is 11.6. The van der Waals surface area contributed by atoms with Crippen LogP contribution < -0.4 is 11.1 Å². The van der Waals surface area contributed by atoms with Crippen molar-refractivity contribution in [2.24, 2.45) is 10.9 Å². The summed E-state index contributed by atoms with van der Waals surface area (Å²) in [5, 5.41) is 23.0. The number of amides is 1. The number of aryl methyl sites for hydroxylation is 1. The van der Waals surface area contributed by atoms with Gasteiger partial charge in [-0.05, 0) is 18.6 Å². The highest BCUT2D eigenvalue weighted by Crippen LogP contribution is 2.20. The number of benzene rings is 1. The van der Waals surface area contributed by atoms with E-state index in [2.05, 4.69) is 10.5 Å². The van der Waals surface area contributed by atoms with Gasteiger partial charge in [0.05, 0.1) is 12.1 Å². The van der Waals surface area contributed by atoms with E-state index >= 15 is 0 Å². The molecule has 0 bridgehead atoms. The van der Waals surface area contributed by atoms with Gasteiger partial charge in [-0.3, -0.25) is 4.79 Å². The van der Waals surface area contributed by atoms with Crippen molar-refractivity contribution in [3.05, 3.63) is 29.3 Å². The minimum Gasteiger partial charge on any atom is -0.507 e. The molecule has 0 aliphatic carbocycles. The summed E-state index contributed by atoms with van der Waals surface area (Å²) in [4.78, 5) is 11.6. The highest BCUT2D eigenvalue weighted by atomic mass is 16.4. The molecular weight excluding hydrogens is 210 g/mol. The molecule has 0 aliphatic heterocycles. The number of hydrogen-bond acceptors (Lipinski definition) is 4. The number of phenols is 1. The number of nitrogens with zero attached hydrogens (tertiary/aromatic N) is 1. The van der Waals surface area contributed by atoms with E-state index in [0.29, 0.717) is 5.56 Å². The first-order valence-corrected chi connectivity index (χ1v) is 4.59. The molecule has 1 amide bonds. The highest BCUT2D eigenvalue weighted by molar-refractivity contribution is 5.99. The molecule has 86 valence electrons. The first-order chi connectivity index (χ1) is 7.56. The lowest BCUT2D eigenvalue weighted by atomic mass is 10.1. The number of nitrogens with two attached hydrogens (primary N) is 1. The van der Waals surface area contributed by atoms with Gasteiger partial charge in [0, 0.05) is 0 Å². The summed E-state index contributed by atoms with van der Waals surface area (Å²) in [5.41, 5.74) is 5.96. The van der Waals surface area contributed by atoms with E-state index in [4.69, 9.17) is 10.9 Å². The van der Waals surface area contributed by atoms with Crippen molar-refractivity contribution in [1.29, 1.82) is 0 Å². The zero-order valence-electron chi connectivity index (χ0n) is 8.77. The van der Waals surface area contributed by atoms with Crippen molar-refractivity contribution in [1.82, 2.24) is 5.32 Å². The second kappa shape index (κ2) is 5.01. The number of aromatic hydroxyl groups is 1. The molecule has 1 rings (SSSR count). The van der Waals surface area contributed by atoms with Gasteiger partial charge >= 0.3 is 0 Å². The molecule has 16 heavy (non-hydrogen) atoms. The topological polar surface area (TPSA) is 108 Å². The van der Waals surface area contributed by atoms with E-state index in [1.165, 1.54) is 6.07 Å².